The van der Waals surface area contributed by atoms with Gasteiger partial charge in [0.15, 0.2) is 30.0 Å². The van der Waals surface area contributed by atoms with Crippen LogP contribution in [0.15, 0.2) is 26.7 Å². The van der Waals surface area contributed by atoms with Crippen molar-refractivity contribution >= 4 is 45.4 Å². The Labute approximate surface area is 184 Å². The fraction of sp³-hybridized carbons (Fsp3) is 0.588. The van der Waals surface area contributed by atoms with Crippen LogP contribution in [-0.4, -0.2) is 68.3 Å². The van der Waals surface area contributed by atoms with E-state index in [1.807, 2.05) is 10.8 Å². The maximum absolute atomic E-state index is 13.6. The number of carbonyl (C=O) groups excluding carboxylic acids is 1. The molecule has 160 valence electrons. The first kappa shape index (κ1) is 18.7. The Bertz CT molecular complexity index is 1040. The Morgan fingerprint density at radius 2 is 2.07 bits per heavy atom. The summed E-state index contributed by atoms with van der Waals surface area (Å²) in [5.41, 5.74) is 16.6. The average Bonchev–Trinajstić information content (AvgIpc) is 3.42. The summed E-state index contributed by atoms with van der Waals surface area (Å²) in [4.78, 5) is 24.1. The SMILES string of the molecule is NC[C@H]1[C@H]2CN3C(=O)c4cc(Br)cn4[C@H]4N=C(N)N[C@]43[C@H]2[C@@]2(NC(N)=N[C@@H]2O)[C@H]1Cl. The number of aliphatic hydroxyl groups is 1. The first-order valence-corrected chi connectivity index (χ1v) is 10.9. The molecule has 0 aromatic carbocycles. The Hall–Kier alpha value is -2.02. The largest absolute Gasteiger partial charge is 0.370 e. The van der Waals surface area contributed by atoms with Crippen LogP contribution in [-0.2, 0) is 0 Å². The molecule has 0 radical (unpaired) electrons. The van der Waals surface area contributed by atoms with E-state index in [-0.39, 0.29) is 29.7 Å². The third-order valence-corrected chi connectivity index (χ3v) is 8.59. The van der Waals surface area contributed by atoms with Gasteiger partial charge in [0.25, 0.3) is 5.91 Å². The molecule has 13 heteroatoms. The van der Waals surface area contributed by atoms with Gasteiger partial charge in [-0.15, -0.1) is 11.6 Å². The maximum atomic E-state index is 13.6. The summed E-state index contributed by atoms with van der Waals surface area (Å²) in [5, 5.41) is 16.9. The number of nitrogens with one attached hydrogen (secondary N) is 2. The van der Waals surface area contributed by atoms with Crippen molar-refractivity contribution in [2.75, 3.05) is 13.1 Å². The number of halogens is 2. The van der Waals surface area contributed by atoms with Crippen LogP contribution in [0.5, 0.6) is 0 Å². The predicted octanol–water partition coefficient (Wildman–Crippen LogP) is -1.76. The normalized spacial score (nSPS) is 45.5. The number of nitrogens with two attached hydrogens (primary N) is 3. The molecule has 1 aromatic rings. The molecule has 1 amide bonds. The number of hydrogen-bond donors (Lipinski definition) is 6. The van der Waals surface area contributed by atoms with Gasteiger partial charge in [0.2, 0.25) is 0 Å². The number of aliphatic hydroxyl groups excluding tert-OH is 1. The van der Waals surface area contributed by atoms with Crippen molar-refractivity contribution in [1.29, 1.82) is 0 Å². The van der Waals surface area contributed by atoms with Gasteiger partial charge in [-0.1, -0.05) is 0 Å². The van der Waals surface area contributed by atoms with Crippen LogP contribution in [0.25, 0.3) is 0 Å². The second kappa shape index (κ2) is 5.61. The zero-order chi connectivity index (χ0) is 21.2. The van der Waals surface area contributed by atoms with Crippen molar-refractivity contribution in [1.82, 2.24) is 20.1 Å². The Balaban J connectivity index is 1.60. The van der Waals surface area contributed by atoms with Crippen molar-refractivity contribution < 1.29 is 9.90 Å². The van der Waals surface area contributed by atoms with Crippen LogP contribution in [0.3, 0.4) is 0 Å². The fourth-order valence-electron chi connectivity index (χ4n) is 6.57. The van der Waals surface area contributed by atoms with Gasteiger partial charge in [-0.25, -0.2) is 9.98 Å². The molecule has 6 rings (SSSR count). The zero-order valence-electron chi connectivity index (χ0n) is 15.7. The van der Waals surface area contributed by atoms with Crippen molar-refractivity contribution in [3.8, 4) is 0 Å². The summed E-state index contributed by atoms with van der Waals surface area (Å²) in [7, 11) is 0. The van der Waals surface area contributed by atoms with Gasteiger partial charge in [0.1, 0.15) is 11.2 Å². The van der Waals surface area contributed by atoms with Crippen LogP contribution >= 0.6 is 27.5 Å². The lowest BCUT2D eigenvalue weighted by Crippen LogP contribution is -2.74. The van der Waals surface area contributed by atoms with Crippen LogP contribution in [0.1, 0.15) is 16.7 Å². The minimum absolute atomic E-state index is 0.106. The lowest BCUT2D eigenvalue weighted by Gasteiger charge is -2.51. The predicted molar refractivity (Wildman–Crippen MR) is 112 cm³/mol. The molecule has 2 fully saturated rings. The molecule has 0 unspecified atom stereocenters. The highest BCUT2D eigenvalue weighted by Crippen LogP contribution is 2.63. The molecule has 30 heavy (non-hydrogen) atoms. The molecule has 1 saturated heterocycles. The minimum Gasteiger partial charge on any atom is -0.370 e. The molecule has 1 aromatic heterocycles. The number of alkyl halides is 1. The number of nitrogens with zero attached hydrogens (tertiary/aromatic N) is 4. The molecule has 5 heterocycles. The first-order valence-electron chi connectivity index (χ1n) is 9.70. The molecule has 4 aliphatic heterocycles. The molecule has 1 aliphatic carbocycles. The van der Waals surface area contributed by atoms with E-state index in [1.54, 1.807) is 11.0 Å². The zero-order valence-corrected chi connectivity index (χ0v) is 18.0. The summed E-state index contributed by atoms with van der Waals surface area (Å²) in [6, 6.07) is 1.77. The molecule has 9 N–H and O–H groups in total. The average molecular weight is 499 g/mol. The van der Waals surface area contributed by atoms with E-state index in [9.17, 15) is 9.90 Å². The highest BCUT2D eigenvalue weighted by molar-refractivity contribution is 9.10. The quantitative estimate of drug-likeness (QED) is 0.249. The second-order valence-electron chi connectivity index (χ2n) is 8.59. The Kier molecular flexibility index (Phi) is 3.50. The molecule has 8 atom stereocenters. The van der Waals surface area contributed by atoms with Gasteiger partial charge in [0.05, 0.1) is 5.38 Å². The molecule has 11 nitrogen and oxygen atoms in total. The molecule has 5 aliphatic rings. The summed E-state index contributed by atoms with van der Waals surface area (Å²) in [6.07, 6.45) is 0.0765. The van der Waals surface area contributed by atoms with Gasteiger partial charge >= 0.3 is 0 Å². The third kappa shape index (κ3) is 1.84. The van der Waals surface area contributed by atoms with Gasteiger partial charge in [-0.05, 0) is 40.4 Å². The van der Waals surface area contributed by atoms with E-state index in [1.165, 1.54) is 0 Å². The van der Waals surface area contributed by atoms with E-state index in [4.69, 9.17) is 28.8 Å². The number of fused-ring (bicyclic) bond motifs is 4. The van der Waals surface area contributed by atoms with Crippen molar-refractivity contribution in [2.45, 2.75) is 29.0 Å². The smallest absolute Gasteiger partial charge is 0.272 e. The van der Waals surface area contributed by atoms with Crippen LogP contribution in [0, 0.1) is 17.8 Å². The van der Waals surface area contributed by atoms with E-state index < -0.39 is 34.9 Å². The summed E-state index contributed by atoms with van der Waals surface area (Å²) >= 11 is 10.4. The Morgan fingerprint density at radius 3 is 2.73 bits per heavy atom. The number of aliphatic imine (C=N–C) groups is 2. The van der Waals surface area contributed by atoms with Crippen molar-refractivity contribution in [3.63, 3.8) is 0 Å². The first-order chi connectivity index (χ1) is 14.3. The second-order valence-corrected chi connectivity index (χ2v) is 9.98. The lowest BCUT2D eigenvalue weighted by atomic mass is 9.73. The van der Waals surface area contributed by atoms with E-state index in [0.717, 1.165) is 4.47 Å². The van der Waals surface area contributed by atoms with Gasteiger partial charge in [-0.3, -0.25) is 4.79 Å². The lowest BCUT2D eigenvalue weighted by molar-refractivity contribution is -0.0269. The number of rotatable bonds is 1. The molecule has 1 saturated carbocycles. The van der Waals surface area contributed by atoms with E-state index in [0.29, 0.717) is 18.8 Å². The van der Waals surface area contributed by atoms with E-state index in [2.05, 4.69) is 36.5 Å². The van der Waals surface area contributed by atoms with Crippen LogP contribution in [0.4, 0.5) is 0 Å². The summed E-state index contributed by atoms with van der Waals surface area (Å²) in [5.74, 6) is -0.530. The van der Waals surface area contributed by atoms with Gasteiger partial charge in [-0.2, -0.15) is 0 Å². The minimum atomic E-state index is -1.20. The third-order valence-electron chi connectivity index (χ3n) is 7.47. The molecule has 0 bridgehead atoms. The van der Waals surface area contributed by atoms with Crippen LogP contribution < -0.4 is 27.8 Å². The van der Waals surface area contributed by atoms with E-state index >= 15 is 0 Å². The highest BCUT2D eigenvalue weighted by atomic mass is 79.9. The summed E-state index contributed by atoms with van der Waals surface area (Å²) in [6.45, 7) is 0.697. The van der Waals surface area contributed by atoms with Crippen molar-refractivity contribution in [3.05, 3.63) is 22.4 Å². The number of amides is 1. The van der Waals surface area contributed by atoms with Gasteiger partial charge < -0.3 is 42.4 Å². The van der Waals surface area contributed by atoms with Gasteiger partial charge in [0, 0.05) is 23.1 Å². The summed E-state index contributed by atoms with van der Waals surface area (Å²) < 4.78 is 2.58. The fourth-order valence-corrected chi connectivity index (χ4v) is 7.60. The topological polar surface area (TPSA) is 172 Å². The molecular formula is C17H21BrClN9O2. The Morgan fingerprint density at radius 1 is 1.33 bits per heavy atom. The monoisotopic (exact) mass is 497 g/mol. The van der Waals surface area contributed by atoms with Crippen LogP contribution in [0.2, 0.25) is 0 Å². The number of aromatic nitrogens is 1. The maximum Gasteiger partial charge on any atom is 0.272 e. The number of guanidine groups is 2. The number of hydrogen-bond acceptors (Lipinski definition) is 9. The molecule has 2 spiro atoms. The standard InChI is InChI=1S/C17H21BrClN9O2/c18-5-1-8-11(29)28-4-7-6(2-20)10(19)16(13(30)24-15(22)25-16)9(7)17(28)12(27(8)3-5)23-14(21)26-17/h1,3,6-7,9-10,12-13,30H,2,4,20H2,(H3,21,23,26)(H3,22,24,25)/t6-,7+,9+,10-,12+,13+,16+,17-/m0/s1. The number of carbonyl (C=O) groups is 1. The molecular weight excluding hydrogens is 478 g/mol. The van der Waals surface area contributed by atoms with Crippen molar-refractivity contribution in [2.24, 2.45) is 44.9 Å². The highest BCUT2D eigenvalue weighted by Gasteiger charge is 2.79.